The molecule has 16 aromatic heterocycles. The van der Waals surface area contributed by atoms with Gasteiger partial charge in [-0.2, -0.15) is 30.6 Å². The quantitative estimate of drug-likeness (QED) is 0.0817. The van der Waals surface area contributed by atoms with Crippen LogP contribution in [-0.2, 0) is 122 Å². The summed E-state index contributed by atoms with van der Waals surface area (Å²) in [6.45, 7) is 25.4. The zero-order chi connectivity index (χ0) is 98.8. The van der Waals surface area contributed by atoms with Crippen molar-refractivity contribution in [2.24, 2.45) is 0 Å². The molecule has 17 aromatic rings. The predicted octanol–water partition coefficient (Wildman–Crippen LogP) is 22.3. The molecule has 34 heteroatoms. The van der Waals surface area contributed by atoms with Gasteiger partial charge in [0.05, 0.1) is 81.6 Å². The van der Waals surface area contributed by atoms with Crippen LogP contribution in [0, 0.1) is 0 Å². The monoisotopic (exact) mass is 1980 g/mol. The Balaban J connectivity index is 0.0000000939. The first-order chi connectivity index (χ1) is 71.8. The molecule has 0 radical (unpaired) electrons. The fourth-order valence-corrected chi connectivity index (χ4v) is 26.4. The Hall–Kier alpha value is -13.4. The number of furan rings is 1. The van der Waals surface area contributed by atoms with Crippen LogP contribution in [0.4, 0.5) is 0 Å². The van der Waals surface area contributed by atoms with Crippen molar-refractivity contribution >= 4 is 11.3 Å². The number of thiophene rings is 1. The van der Waals surface area contributed by atoms with Gasteiger partial charge in [0.15, 0.2) is 69.8 Å². The number of hydrogen-bond acceptors (Lipinski definition) is 22. The molecule has 0 N–H and O–H groups in total. The van der Waals surface area contributed by atoms with E-state index in [4.69, 9.17) is 35.0 Å². The lowest BCUT2D eigenvalue weighted by Crippen LogP contribution is -2.23. The summed E-state index contributed by atoms with van der Waals surface area (Å²) >= 11 is 1.73. The number of pyridine rings is 2. The Morgan fingerprint density at radius 1 is 0.295 bits per heavy atom. The molecule has 0 spiro atoms. The van der Waals surface area contributed by atoms with Crippen LogP contribution in [-0.4, -0.2) is 157 Å². The molecule has 146 heavy (non-hydrogen) atoms. The third kappa shape index (κ3) is 17.3. The van der Waals surface area contributed by atoms with E-state index in [1.54, 1.807) is 23.8 Å². The van der Waals surface area contributed by atoms with E-state index in [0.29, 0.717) is 36.3 Å². The van der Waals surface area contributed by atoms with Gasteiger partial charge in [0, 0.05) is 108 Å². The number of nitrogens with zero attached hydrogens (tertiary/aromatic N) is 32. The van der Waals surface area contributed by atoms with Crippen molar-refractivity contribution in [2.75, 3.05) is 0 Å². The Morgan fingerprint density at radius 2 is 0.610 bits per heavy atom. The van der Waals surface area contributed by atoms with E-state index in [1.165, 1.54) is 261 Å². The normalized spacial score (nSPS) is 17.2. The molecular weight excluding hydrogens is 1840 g/mol. The molecule has 0 bridgehead atoms. The van der Waals surface area contributed by atoms with Crippen LogP contribution in [0.2, 0.25) is 0 Å². The van der Waals surface area contributed by atoms with Gasteiger partial charge in [0.2, 0.25) is 0 Å². The second-order valence-corrected chi connectivity index (χ2v) is 43.5. The van der Waals surface area contributed by atoms with Crippen molar-refractivity contribution in [1.29, 1.82) is 0 Å². The highest BCUT2D eigenvalue weighted by atomic mass is 32.1. The fraction of sp³-hybridized carbons (Fsp3) is 0.518. The van der Waals surface area contributed by atoms with Gasteiger partial charge in [-0.25, -0.2) is 0 Å². The molecule has 22 heterocycles. The third-order valence-electron chi connectivity index (χ3n) is 32.9. The van der Waals surface area contributed by atoms with Crippen LogP contribution in [0.25, 0.3) is 126 Å². The van der Waals surface area contributed by atoms with Crippen molar-refractivity contribution < 1.29 is 4.42 Å². The van der Waals surface area contributed by atoms with Crippen LogP contribution in [0.5, 0.6) is 0 Å². The second kappa shape index (κ2) is 40.8. The molecule has 6 aliphatic heterocycles. The van der Waals surface area contributed by atoms with E-state index in [9.17, 15) is 0 Å². The average molecular weight is 1980 g/mol. The zero-order valence-corrected chi connectivity index (χ0v) is 87.1. The molecule has 12 aliphatic rings. The third-order valence-corrected chi connectivity index (χ3v) is 33.7. The van der Waals surface area contributed by atoms with Crippen LogP contribution in [0.3, 0.4) is 0 Å². The van der Waals surface area contributed by atoms with E-state index in [-0.39, 0.29) is 5.41 Å². The van der Waals surface area contributed by atoms with Gasteiger partial charge in [-0.15, -0.1) is 72.5 Å². The fourth-order valence-electron chi connectivity index (χ4n) is 25.7. The molecule has 1 aromatic carbocycles. The Labute approximate surface area is 856 Å². The summed E-state index contributed by atoms with van der Waals surface area (Å²) in [6.07, 6.45) is 49.6. The van der Waals surface area contributed by atoms with Crippen molar-refractivity contribution in [3.63, 3.8) is 0 Å². The molecule has 6 aliphatic carbocycles. The van der Waals surface area contributed by atoms with Gasteiger partial charge in [-0.1, -0.05) is 182 Å². The first kappa shape index (κ1) is 94.8. The first-order valence-electron chi connectivity index (χ1n) is 55.0. The number of aromatic nitrogens is 32. The maximum absolute atomic E-state index is 5.54. The zero-order valence-electron chi connectivity index (χ0n) is 86.3. The minimum atomic E-state index is 0.0224. The molecule has 0 amide bonds. The number of hydrogen-bond donors (Lipinski definition) is 0. The van der Waals surface area contributed by atoms with Crippen LogP contribution in [0.1, 0.15) is 326 Å². The minimum Gasteiger partial charge on any atom is -0.461 e. The predicted molar refractivity (Wildman–Crippen MR) is 563 cm³/mol. The van der Waals surface area contributed by atoms with Gasteiger partial charge >= 0.3 is 0 Å². The van der Waals surface area contributed by atoms with Gasteiger partial charge < -0.3 is 31.8 Å². The maximum Gasteiger partial charge on any atom is 0.200 e. The number of benzene rings is 1. The highest BCUT2D eigenvalue weighted by molar-refractivity contribution is 7.13. The lowest BCUT2D eigenvalue weighted by Gasteiger charge is -2.24. The summed E-state index contributed by atoms with van der Waals surface area (Å²) in [4.78, 5) is 9.89. The average Bonchev–Trinajstić information content (AvgIpc) is 1.52. The number of fused-ring (bicyclic) bond motifs is 18. The van der Waals surface area contributed by atoms with Crippen LogP contribution in [0.15, 0.2) is 120 Å². The molecule has 0 atom stereocenters. The number of aryl methyl sites for hydroxylation is 6. The van der Waals surface area contributed by atoms with Crippen molar-refractivity contribution in [3.8, 4) is 126 Å². The standard InChI is InChI=1S/C20H23N5.2C19H22N6.C18H21N5O.C18H21N5S.C18H27N5/c1-2-17-16-12-13-24-19(14-8-4-3-5-9-14)21-22-20(24)18(16)25(23-17)15-10-6-7-11-15;1-2-16-15-9-11-24-18(13-6-5-10-20-12-13)21-22-19(24)17(15)25(23-16)14-7-3-4-8-14;1-2-15-14-10-12-24-18(16-9-5-6-11-20-16)21-22-19(24)17(14)25(23-15)13-7-3-4-8-13;2*1-2-14-13-9-10-22-17(15-8-5-11-24-15)19-20-18(22)16(13)23(21-14)12-6-3-4-7-12;1-5-14-13-10-11-22-16(19-20-17(22)18(2,3)4)15(13)23(21-14)12-8-6-7-9-12/h3-5,8-9,15H,2,6-7,10-13H2,1H3;5-6,10,12,14H,2-4,7-9,11H2,1H3;5-6,9,11,13H,2-4,7-8,10,12H2,1H3;2*5,8,11-12H,2-4,6-7,9-10H2,1H3;12H,5-11H2,1-4H3. The largest absolute Gasteiger partial charge is 0.461 e. The van der Waals surface area contributed by atoms with Gasteiger partial charge in [0.1, 0.15) is 45.7 Å². The molecule has 29 rings (SSSR count). The maximum atomic E-state index is 5.54. The topological polar surface area (TPSA) is 330 Å². The molecule has 0 unspecified atom stereocenters. The highest BCUT2D eigenvalue weighted by Gasteiger charge is 2.42. The van der Waals surface area contributed by atoms with Gasteiger partial charge in [-0.05, 0) is 202 Å². The van der Waals surface area contributed by atoms with E-state index in [1.807, 2.05) is 60.9 Å². The lowest BCUT2D eigenvalue weighted by molar-refractivity contribution is 0.461. The van der Waals surface area contributed by atoms with Crippen molar-refractivity contribution in [3.05, 3.63) is 189 Å². The smallest absolute Gasteiger partial charge is 0.200 e. The second-order valence-electron chi connectivity index (χ2n) is 42.6. The van der Waals surface area contributed by atoms with E-state index < -0.39 is 0 Å². The van der Waals surface area contributed by atoms with E-state index in [0.717, 1.165) is 209 Å². The SMILES string of the molecule is CCc1nn(C2CCCC2)c2c1CCn1c(-c3ccccc3)nnc1-2.CCc1nn(C2CCCC2)c2c1CCn1c(-c3ccccn3)nnc1-2.CCc1nn(C2CCCC2)c2c1CCn1c(-c3cccnc3)nnc1-2.CCc1nn(C2CCCC2)c2c1CCn1c(-c3ccco3)nnc1-2.CCc1nn(C2CCCC2)c2c1CCn1c(-c3cccs3)nnc1-2.CCc1nn(C2CCCC2)c2c1CCn1c-2nnc1C(C)(C)C. The number of rotatable bonds is 17. The van der Waals surface area contributed by atoms with Crippen molar-refractivity contribution in [2.45, 2.75) is 374 Å². The minimum absolute atomic E-state index is 0.0224. The van der Waals surface area contributed by atoms with E-state index in [2.05, 4.69) is 231 Å². The highest BCUT2D eigenvalue weighted by Crippen LogP contribution is 2.49. The molecule has 0 saturated heterocycles. The van der Waals surface area contributed by atoms with Crippen molar-refractivity contribution in [1.82, 2.24) is 157 Å². The Morgan fingerprint density at radius 3 is 0.945 bits per heavy atom. The molecule has 756 valence electrons. The lowest BCUT2D eigenvalue weighted by atomic mass is 9.94. The van der Waals surface area contributed by atoms with Crippen LogP contribution >= 0.6 is 11.3 Å². The molecular formula is C112H136N32OS. The Kier molecular flexibility index (Phi) is 26.5. The molecule has 6 fully saturated rings. The first-order valence-corrected chi connectivity index (χ1v) is 55.9. The van der Waals surface area contributed by atoms with Gasteiger partial charge in [-0.3, -0.25) is 38.1 Å². The summed E-state index contributed by atoms with van der Waals surface area (Å²) in [7, 11) is 0. The molecule has 6 saturated carbocycles. The Bertz CT molecular complexity index is 6920. The summed E-state index contributed by atoms with van der Waals surface area (Å²) in [5.74, 6) is 12.4. The van der Waals surface area contributed by atoms with Crippen LogP contribution < -0.4 is 0 Å². The summed E-state index contributed by atoms with van der Waals surface area (Å²) in [5, 5.41) is 86.5. The van der Waals surface area contributed by atoms with E-state index >= 15 is 0 Å². The summed E-state index contributed by atoms with van der Waals surface area (Å²) in [5.41, 5.74) is 26.2. The summed E-state index contributed by atoms with van der Waals surface area (Å²) < 4.78 is 32.8. The molecule has 33 nitrogen and oxygen atoms in total. The summed E-state index contributed by atoms with van der Waals surface area (Å²) in [6, 6.07) is 31.5. The van der Waals surface area contributed by atoms with Gasteiger partial charge in [0.25, 0.3) is 0 Å².